The molecule has 0 radical (unpaired) electrons. The van der Waals surface area contributed by atoms with Gasteiger partial charge in [-0.05, 0) is 12.8 Å². The Balaban J connectivity index is 2.46. The minimum Gasteiger partial charge on any atom is -0.450 e. The maximum absolute atomic E-state index is 12.1. The molecule has 0 saturated heterocycles. The number of alkyl halides is 3. The summed E-state index contributed by atoms with van der Waals surface area (Å²) in [5.74, 6) is 0. The average molecular weight is 184 g/mol. The molecule has 6 heteroatoms. The van der Waals surface area contributed by atoms with E-state index in [-0.39, 0.29) is 12.8 Å². The van der Waals surface area contributed by atoms with Crippen molar-refractivity contribution in [1.29, 1.82) is 0 Å². The van der Waals surface area contributed by atoms with Crippen molar-refractivity contribution in [3.63, 3.8) is 0 Å². The summed E-state index contributed by atoms with van der Waals surface area (Å²) in [6, 6.07) is 0. The van der Waals surface area contributed by atoms with E-state index in [0.29, 0.717) is 0 Å². The van der Waals surface area contributed by atoms with Gasteiger partial charge in [0.15, 0.2) is 0 Å². The fraction of sp³-hybridized carbons (Fsp3) is 0.833. The van der Waals surface area contributed by atoms with Crippen molar-refractivity contribution in [1.82, 2.24) is 0 Å². The van der Waals surface area contributed by atoms with Gasteiger partial charge in [-0.3, -0.25) is 0 Å². The second-order valence-corrected chi connectivity index (χ2v) is 2.83. The zero-order chi connectivity index (χ0) is 9.41. The highest BCUT2D eigenvalue weighted by Crippen LogP contribution is 2.57. The SMILES string of the molecule is O=C(O)OCC1(C(F)(F)F)CC1. The third-order valence-corrected chi connectivity index (χ3v) is 1.93. The number of carboxylic acid groups (broad SMARTS) is 1. The summed E-state index contributed by atoms with van der Waals surface area (Å²) in [6.45, 7) is -0.772. The molecular weight excluding hydrogens is 177 g/mol. The second-order valence-electron chi connectivity index (χ2n) is 2.83. The van der Waals surface area contributed by atoms with Crippen LogP contribution in [0.15, 0.2) is 0 Å². The Morgan fingerprint density at radius 2 is 2.00 bits per heavy atom. The molecule has 1 aliphatic carbocycles. The first-order valence-corrected chi connectivity index (χ1v) is 3.30. The van der Waals surface area contributed by atoms with Crippen LogP contribution >= 0.6 is 0 Å². The van der Waals surface area contributed by atoms with Crippen LogP contribution in [0.5, 0.6) is 0 Å². The first-order chi connectivity index (χ1) is 5.37. The Kier molecular flexibility index (Phi) is 1.93. The van der Waals surface area contributed by atoms with Gasteiger partial charge in [-0.25, -0.2) is 4.79 Å². The monoisotopic (exact) mass is 184 g/mol. The van der Waals surface area contributed by atoms with Crippen LogP contribution in [0.2, 0.25) is 0 Å². The molecule has 1 fully saturated rings. The Morgan fingerprint density at radius 3 is 2.25 bits per heavy atom. The summed E-state index contributed by atoms with van der Waals surface area (Å²) in [5.41, 5.74) is -1.88. The van der Waals surface area contributed by atoms with E-state index in [0.717, 1.165) is 0 Å². The van der Waals surface area contributed by atoms with Gasteiger partial charge in [0.25, 0.3) is 0 Å². The quantitative estimate of drug-likeness (QED) is 0.668. The molecule has 0 aromatic heterocycles. The minimum atomic E-state index is -4.34. The van der Waals surface area contributed by atoms with E-state index in [1.807, 2.05) is 0 Å². The summed E-state index contributed by atoms with van der Waals surface area (Å²) < 4.78 is 40.1. The molecule has 1 N–H and O–H groups in total. The normalized spacial score (nSPS) is 20.2. The summed E-state index contributed by atoms with van der Waals surface area (Å²) in [6.07, 6.45) is -6.08. The lowest BCUT2D eigenvalue weighted by Crippen LogP contribution is -2.30. The van der Waals surface area contributed by atoms with Gasteiger partial charge in [-0.1, -0.05) is 0 Å². The number of halogens is 3. The Hall–Kier alpha value is -0.940. The molecule has 3 nitrogen and oxygen atoms in total. The van der Waals surface area contributed by atoms with Gasteiger partial charge < -0.3 is 9.84 Å². The fourth-order valence-corrected chi connectivity index (χ4v) is 0.860. The van der Waals surface area contributed by atoms with E-state index in [4.69, 9.17) is 5.11 Å². The van der Waals surface area contributed by atoms with Crippen LogP contribution in [0.3, 0.4) is 0 Å². The third kappa shape index (κ3) is 1.62. The maximum atomic E-state index is 12.1. The third-order valence-electron chi connectivity index (χ3n) is 1.93. The molecule has 0 atom stereocenters. The van der Waals surface area contributed by atoms with Crippen LogP contribution in [0, 0.1) is 5.41 Å². The van der Waals surface area contributed by atoms with Crippen LogP contribution in [0.25, 0.3) is 0 Å². The van der Waals surface area contributed by atoms with Crippen molar-refractivity contribution in [3.8, 4) is 0 Å². The standard InChI is InChI=1S/C6H7F3O3/c7-6(8,9)5(1-2-5)3-12-4(10)11/h1-3H2,(H,10,11). The van der Waals surface area contributed by atoms with Gasteiger partial charge in [0.2, 0.25) is 0 Å². The predicted octanol–water partition coefficient (Wildman–Crippen LogP) is 2.02. The predicted molar refractivity (Wildman–Crippen MR) is 31.7 cm³/mol. The number of hydrogen-bond acceptors (Lipinski definition) is 2. The van der Waals surface area contributed by atoms with Gasteiger partial charge in [0.05, 0.1) is 0 Å². The topological polar surface area (TPSA) is 46.5 Å². The lowest BCUT2D eigenvalue weighted by Gasteiger charge is -2.17. The van der Waals surface area contributed by atoms with Crippen LogP contribution in [-0.2, 0) is 4.74 Å². The summed E-state index contributed by atoms with van der Waals surface area (Å²) in [4.78, 5) is 9.81. The van der Waals surface area contributed by atoms with Crippen molar-refractivity contribution in [2.45, 2.75) is 19.0 Å². The zero-order valence-corrected chi connectivity index (χ0v) is 6.02. The molecule has 1 rings (SSSR count). The molecule has 0 unspecified atom stereocenters. The summed E-state index contributed by atoms with van der Waals surface area (Å²) >= 11 is 0. The molecule has 0 aromatic rings. The Labute approximate surface area is 66.1 Å². The molecule has 0 heterocycles. The maximum Gasteiger partial charge on any atom is 0.505 e. The van der Waals surface area contributed by atoms with Crippen LogP contribution in [0.4, 0.5) is 18.0 Å². The highest BCUT2D eigenvalue weighted by atomic mass is 19.4. The molecule has 70 valence electrons. The largest absolute Gasteiger partial charge is 0.505 e. The number of ether oxygens (including phenoxy) is 1. The van der Waals surface area contributed by atoms with Crippen molar-refractivity contribution in [2.75, 3.05) is 6.61 Å². The van der Waals surface area contributed by atoms with E-state index < -0.39 is 24.4 Å². The number of carbonyl (C=O) groups is 1. The van der Waals surface area contributed by atoms with Gasteiger partial charge in [-0.2, -0.15) is 13.2 Å². The Morgan fingerprint density at radius 1 is 1.50 bits per heavy atom. The van der Waals surface area contributed by atoms with Crippen molar-refractivity contribution in [2.24, 2.45) is 5.41 Å². The van der Waals surface area contributed by atoms with E-state index in [1.165, 1.54) is 0 Å². The molecular formula is C6H7F3O3. The average Bonchev–Trinajstić information content (AvgIpc) is 2.60. The minimum absolute atomic E-state index is 0.0379. The second kappa shape index (κ2) is 2.53. The van der Waals surface area contributed by atoms with E-state index in [9.17, 15) is 18.0 Å². The zero-order valence-electron chi connectivity index (χ0n) is 6.02. The van der Waals surface area contributed by atoms with Gasteiger partial charge in [-0.15, -0.1) is 0 Å². The van der Waals surface area contributed by atoms with Gasteiger partial charge in [0, 0.05) is 0 Å². The highest BCUT2D eigenvalue weighted by Gasteiger charge is 2.64. The summed E-state index contributed by atoms with van der Waals surface area (Å²) in [7, 11) is 0. The molecule has 1 aliphatic rings. The first-order valence-electron chi connectivity index (χ1n) is 3.30. The van der Waals surface area contributed by atoms with Crippen LogP contribution in [-0.4, -0.2) is 24.0 Å². The van der Waals surface area contributed by atoms with E-state index in [1.54, 1.807) is 0 Å². The molecule has 0 spiro atoms. The summed E-state index contributed by atoms with van der Waals surface area (Å²) in [5, 5.41) is 7.98. The number of hydrogen-bond donors (Lipinski definition) is 1. The van der Waals surface area contributed by atoms with E-state index in [2.05, 4.69) is 4.74 Å². The fourth-order valence-electron chi connectivity index (χ4n) is 0.860. The Bertz CT molecular complexity index is 195. The molecule has 0 amide bonds. The van der Waals surface area contributed by atoms with Gasteiger partial charge >= 0.3 is 12.3 Å². The van der Waals surface area contributed by atoms with Crippen LogP contribution < -0.4 is 0 Å². The van der Waals surface area contributed by atoms with Crippen molar-refractivity contribution < 1.29 is 27.8 Å². The van der Waals surface area contributed by atoms with Crippen molar-refractivity contribution >= 4 is 6.16 Å². The van der Waals surface area contributed by atoms with Crippen molar-refractivity contribution in [3.05, 3.63) is 0 Å². The smallest absolute Gasteiger partial charge is 0.450 e. The lowest BCUT2D eigenvalue weighted by atomic mass is 10.1. The number of rotatable bonds is 2. The van der Waals surface area contributed by atoms with Gasteiger partial charge in [0.1, 0.15) is 12.0 Å². The first kappa shape index (κ1) is 9.15. The lowest BCUT2D eigenvalue weighted by molar-refractivity contribution is -0.197. The van der Waals surface area contributed by atoms with Crippen LogP contribution in [0.1, 0.15) is 12.8 Å². The molecule has 0 bridgehead atoms. The van der Waals surface area contributed by atoms with E-state index >= 15 is 0 Å². The molecule has 12 heavy (non-hydrogen) atoms. The molecule has 0 aliphatic heterocycles. The molecule has 0 aromatic carbocycles. The highest BCUT2D eigenvalue weighted by molar-refractivity contribution is 5.56. The molecule has 1 saturated carbocycles.